The number of thiophene rings is 2. The third kappa shape index (κ3) is 3.39. The first-order valence-corrected chi connectivity index (χ1v) is 12.2. The molecule has 4 heterocycles. The largest absolute Gasteiger partial charge is 0.345 e. The number of nitrogens with one attached hydrogen (secondary N) is 1. The average Bonchev–Trinajstić information content (AvgIpc) is 3.10. The van der Waals surface area contributed by atoms with Gasteiger partial charge in [-0.05, 0) is 44.2 Å². The number of rotatable bonds is 6. The number of aromatic amines is 1. The lowest BCUT2D eigenvalue weighted by Gasteiger charge is -2.07. The van der Waals surface area contributed by atoms with Gasteiger partial charge in [-0.15, -0.1) is 22.7 Å². The minimum atomic E-state index is -0.151. The van der Waals surface area contributed by atoms with Crippen molar-refractivity contribution < 1.29 is 4.79 Å². The second-order valence-electron chi connectivity index (χ2n) is 7.28. The lowest BCUT2D eigenvalue weighted by atomic mass is 10.2. The van der Waals surface area contributed by atoms with Gasteiger partial charge in [-0.2, -0.15) is 0 Å². The molecular weight excluding hydrogens is 422 g/mol. The standard InChI is InChI=1S/C21H19N3O2S3/c1-11-8-14(12(2)24(11)13-5-6-13)16(25)10-29-21-22-19(26)18-15(9-28-20(18)23-21)17-4-3-7-27-17/h3-4,7-9,13H,5-6,10H2,1-2H3,(H,22,23,26). The highest BCUT2D eigenvalue weighted by molar-refractivity contribution is 7.99. The van der Waals surface area contributed by atoms with Crippen molar-refractivity contribution in [2.24, 2.45) is 0 Å². The van der Waals surface area contributed by atoms with Gasteiger partial charge in [-0.1, -0.05) is 17.8 Å². The van der Waals surface area contributed by atoms with Crippen LogP contribution in [0, 0.1) is 13.8 Å². The monoisotopic (exact) mass is 441 g/mol. The van der Waals surface area contributed by atoms with Crippen molar-refractivity contribution in [1.29, 1.82) is 0 Å². The minimum absolute atomic E-state index is 0.0724. The first-order valence-electron chi connectivity index (χ1n) is 9.42. The van der Waals surface area contributed by atoms with Crippen LogP contribution in [0.3, 0.4) is 0 Å². The van der Waals surface area contributed by atoms with E-state index in [1.807, 2.05) is 35.9 Å². The van der Waals surface area contributed by atoms with E-state index in [1.54, 1.807) is 11.3 Å². The smallest absolute Gasteiger partial charge is 0.260 e. The summed E-state index contributed by atoms with van der Waals surface area (Å²) in [5.41, 5.74) is 3.74. The molecule has 0 aromatic carbocycles. The minimum Gasteiger partial charge on any atom is -0.345 e. The van der Waals surface area contributed by atoms with Crippen molar-refractivity contribution >= 4 is 50.4 Å². The zero-order valence-corrected chi connectivity index (χ0v) is 18.5. The average molecular weight is 442 g/mol. The Bertz CT molecular complexity index is 1280. The van der Waals surface area contributed by atoms with Gasteiger partial charge in [0.1, 0.15) is 4.83 Å². The molecule has 148 valence electrons. The quantitative estimate of drug-likeness (QED) is 0.246. The van der Waals surface area contributed by atoms with Gasteiger partial charge in [0.25, 0.3) is 5.56 Å². The normalized spacial score (nSPS) is 14.0. The van der Waals surface area contributed by atoms with E-state index in [1.165, 1.54) is 35.9 Å². The molecule has 0 saturated heterocycles. The van der Waals surface area contributed by atoms with E-state index in [9.17, 15) is 9.59 Å². The molecule has 0 unspecified atom stereocenters. The van der Waals surface area contributed by atoms with Crippen LogP contribution < -0.4 is 5.56 Å². The SMILES string of the molecule is Cc1cc(C(=O)CSc2nc3scc(-c4cccs4)c3c(=O)[nH]2)c(C)n1C1CC1. The molecule has 29 heavy (non-hydrogen) atoms. The van der Waals surface area contributed by atoms with Crippen LogP contribution in [0.5, 0.6) is 0 Å². The van der Waals surface area contributed by atoms with Gasteiger partial charge in [0.2, 0.25) is 0 Å². The summed E-state index contributed by atoms with van der Waals surface area (Å²) < 4.78 is 2.28. The second kappa shape index (κ2) is 7.27. The number of hydrogen-bond donors (Lipinski definition) is 1. The van der Waals surface area contributed by atoms with Crippen molar-refractivity contribution in [2.75, 3.05) is 5.75 Å². The molecule has 4 aromatic rings. The predicted octanol–water partition coefficient (Wildman–Crippen LogP) is 5.44. The number of Topliss-reactive ketones (excluding diaryl/α,β-unsaturated/α-hetero) is 1. The van der Waals surface area contributed by atoms with E-state index in [0.29, 0.717) is 21.4 Å². The lowest BCUT2D eigenvalue weighted by Crippen LogP contribution is -2.10. The Morgan fingerprint density at radius 3 is 2.90 bits per heavy atom. The van der Waals surface area contributed by atoms with Crippen molar-refractivity contribution in [2.45, 2.75) is 37.9 Å². The van der Waals surface area contributed by atoms with E-state index in [0.717, 1.165) is 27.4 Å². The van der Waals surface area contributed by atoms with E-state index in [-0.39, 0.29) is 17.1 Å². The van der Waals surface area contributed by atoms with Gasteiger partial charge >= 0.3 is 0 Å². The maximum Gasteiger partial charge on any atom is 0.260 e. The molecule has 1 aliphatic rings. The lowest BCUT2D eigenvalue weighted by molar-refractivity contribution is 0.102. The number of ketones is 1. The van der Waals surface area contributed by atoms with E-state index in [4.69, 9.17) is 0 Å². The number of aryl methyl sites for hydroxylation is 1. The van der Waals surface area contributed by atoms with Crippen LogP contribution in [0.1, 0.15) is 40.6 Å². The molecule has 0 bridgehead atoms. The van der Waals surface area contributed by atoms with Gasteiger partial charge in [0.15, 0.2) is 10.9 Å². The first kappa shape index (κ1) is 18.8. The number of aromatic nitrogens is 3. The second-order valence-corrected chi connectivity index (χ2v) is 10.0. The highest BCUT2D eigenvalue weighted by Gasteiger charge is 2.28. The van der Waals surface area contributed by atoms with Crippen LogP contribution in [-0.4, -0.2) is 26.1 Å². The molecule has 0 spiro atoms. The summed E-state index contributed by atoms with van der Waals surface area (Å²) in [7, 11) is 0. The fourth-order valence-electron chi connectivity index (χ4n) is 3.78. The maximum atomic E-state index is 12.8. The van der Waals surface area contributed by atoms with E-state index >= 15 is 0 Å². The molecule has 8 heteroatoms. The van der Waals surface area contributed by atoms with Crippen LogP contribution in [0.15, 0.2) is 38.9 Å². The molecule has 1 N–H and O–H groups in total. The molecule has 0 radical (unpaired) electrons. The van der Waals surface area contributed by atoms with Gasteiger partial charge in [-0.25, -0.2) is 4.98 Å². The van der Waals surface area contributed by atoms with Crippen LogP contribution in [0.2, 0.25) is 0 Å². The maximum absolute atomic E-state index is 12.8. The summed E-state index contributed by atoms with van der Waals surface area (Å²) >= 11 is 4.36. The van der Waals surface area contributed by atoms with Crippen LogP contribution in [-0.2, 0) is 0 Å². The van der Waals surface area contributed by atoms with Crippen LogP contribution in [0.25, 0.3) is 20.7 Å². The van der Waals surface area contributed by atoms with E-state index < -0.39 is 0 Å². The van der Waals surface area contributed by atoms with Gasteiger partial charge in [-0.3, -0.25) is 9.59 Å². The topological polar surface area (TPSA) is 67.8 Å². The van der Waals surface area contributed by atoms with Crippen molar-refractivity contribution in [3.63, 3.8) is 0 Å². The third-order valence-electron chi connectivity index (χ3n) is 5.25. The fourth-order valence-corrected chi connectivity index (χ4v) is 6.34. The summed E-state index contributed by atoms with van der Waals surface area (Å²) in [6.45, 7) is 4.08. The van der Waals surface area contributed by atoms with Crippen molar-refractivity contribution in [1.82, 2.24) is 14.5 Å². The van der Waals surface area contributed by atoms with Gasteiger partial charge in [0, 0.05) is 38.8 Å². The van der Waals surface area contributed by atoms with E-state index in [2.05, 4.69) is 21.5 Å². The summed E-state index contributed by atoms with van der Waals surface area (Å²) in [6.07, 6.45) is 2.39. The van der Waals surface area contributed by atoms with Gasteiger partial charge < -0.3 is 9.55 Å². The Labute approximate surface area is 179 Å². The molecule has 0 atom stereocenters. The Morgan fingerprint density at radius 1 is 1.34 bits per heavy atom. The molecule has 1 aliphatic carbocycles. The summed E-state index contributed by atoms with van der Waals surface area (Å²) in [5, 5.41) is 5.09. The van der Waals surface area contributed by atoms with Crippen LogP contribution >= 0.6 is 34.4 Å². The number of carbonyl (C=O) groups excluding carboxylic acids is 1. The fraction of sp³-hybridized carbons (Fsp3) is 0.286. The molecule has 5 rings (SSSR count). The zero-order valence-electron chi connectivity index (χ0n) is 16.0. The molecular formula is C21H19N3O2S3. The van der Waals surface area contributed by atoms with Crippen molar-refractivity contribution in [3.05, 3.63) is 56.3 Å². The molecule has 0 amide bonds. The number of carbonyl (C=O) groups is 1. The molecule has 1 saturated carbocycles. The Kier molecular flexibility index (Phi) is 4.72. The highest BCUT2D eigenvalue weighted by atomic mass is 32.2. The zero-order chi connectivity index (χ0) is 20.1. The Morgan fingerprint density at radius 2 is 2.17 bits per heavy atom. The van der Waals surface area contributed by atoms with Crippen LogP contribution in [0.4, 0.5) is 0 Å². The first-order chi connectivity index (χ1) is 14.0. The molecule has 4 aromatic heterocycles. The summed E-state index contributed by atoms with van der Waals surface area (Å²) in [4.78, 5) is 34.7. The molecule has 5 nitrogen and oxygen atoms in total. The number of hydrogen-bond acceptors (Lipinski definition) is 6. The highest BCUT2D eigenvalue weighted by Crippen LogP contribution is 2.38. The number of H-pyrrole nitrogens is 1. The van der Waals surface area contributed by atoms with Gasteiger partial charge in [0.05, 0.1) is 11.1 Å². The number of nitrogens with zero attached hydrogens (tertiary/aromatic N) is 2. The molecule has 1 fully saturated rings. The predicted molar refractivity (Wildman–Crippen MR) is 121 cm³/mol. The number of thioether (sulfide) groups is 1. The molecule has 0 aliphatic heterocycles. The Hall–Kier alpha value is -2.16. The third-order valence-corrected chi connectivity index (χ3v) is 7.89. The number of fused-ring (bicyclic) bond motifs is 1. The summed E-state index contributed by atoms with van der Waals surface area (Å²) in [6, 6.07) is 6.52. The van der Waals surface area contributed by atoms with Crippen molar-refractivity contribution in [3.8, 4) is 10.4 Å². The Balaban J connectivity index is 1.38. The summed E-state index contributed by atoms with van der Waals surface area (Å²) in [5.74, 6) is 0.329.